The first-order chi connectivity index (χ1) is 10.6. The first kappa shape index (κ1) is 14.3. The Morgan fingerprint density at radius 2 is 1.32 bits per heavy atom. The zero-order valence-corrected chi connectivity index (χ0v) is 13.0. The van der Waals surface area contributed by atoms with Crippen molar-refractivity contribution in [1.29, 1.82) is 0 Å². The van der Waals surface area contributed by atoms with Gasteiger partial charge in [0.2, 0.25) is 0 Å². The number of hydrogen-bond acceptors (Lipinski definition) is 2. The molecule has 110 valence electrons. The highest BCUT2D eigenvalue weighted by Gasteiger charge is 2.16. The molecule has 0 atom stereocenters. The highest BCUT2D eigenvalue weighted by molar-refractivity contribution is 5.80. The van der Waals surface area contributed by atoms with E-state index in [-0.39, 0.29) is 0 Å². The summed E-state index contributed by atoms with van der Waals surface area (Å²) in [6.45, 7) is 4.11. The van der Waals surface area contributed by atoms with Crippen molar-refractivity contribution >= 4 is 5.69 Å². The van der Waals surface area contributed by atoms with Crippen LogP contribution in [0.25, 0.3) is 22.5 Å². The summed E-state index contributed by atoms with van der Waals surface area (Å²) >= 11 is 0. The lowest BCUT2D eigenvalue weighted by molar-refractivity contribution is 0.945. The van der Waals surface area contributed by atoms with E-state index in [2.05, 4.69) is 36.4 Å². The summed E-state index contributed by atoms with van der Waals surface area (Å²) < 4.78 is 2.03. The van der Waals surface area contributed by atoms with E-state index in [1.54, 1.807) is 0 Å². The predicted molar refractivity (Wildman–Crippen MR) is 91.2 cm³/mol. The van der Waals surface area contributed by atoms with E-state index in [1.807, 2.05) is 48.9 Å². The van der Waals surface area contributed by atoms with Crippen LogP contribution in [0.1, 0.15) is 11.1 Å². The van der Waals surface area contributed by atoms with Crippen LogP contribution in [-0.2, 0) is 7.05 Å². The van der Waals surface area contributed by atoms with Crippen molar-refractivity contribution in [3.8, 4) is 22.5 Å². The summed E-state index contributed by atoms with van der Waals surface area (Å²) in [6, 6.07) is 18.3. The topological polar surface area (TPSA) is 34.4 Å². The Labute approximate surface area is 130 Å². The minimum Gasteiger partial charge on any atom is -0.342 e. The first-order valence-corrected chi connectivity index (χ1v) is 7.27. The highest BCUT2D eigenvalue weighted by Crippen LogP contribution is 2.37. The van der Waals surface area contributed by atoms with Crippen LogP contribution >= 0.6 is 0 Å². The molecular weight excluding hydrogens is 272 g/mol. The fourth-order valence-electron chi connectivity index (χ4n) is 2.71. The van der Waals surface area contributed by atoms with Gasteiger partial charge in [0.05, 0.1) is 11.4 Å². The van der Waals surface area contributed by atoms with Gasteiger partial charge in [0.1, 0.15) is 5.69 Å². The number of nitrogens with zero attached hydrogens (tertiary/aromatic N) is 2. The fraction of sp³-hybridized carbons (Fsp3) is 0.158. The van der Waals surface area contributed by atoms with Crippen molar-refractivity contribution in [2.24, 2.45) is 12.2 Å². The summed E-state index contributed by atoms with van der Waals surface area (Å²) in [5.41, 5.74) is 6.80. The van der Waals surface area contributed by atoms with Crippen LogP contribution in [0.2, 0.25) is 0 Å². The van der Waals surface area contributed by atoms with Crippen LogP contribution in [0.4, 0.5) is 5.69 Å². The van der Waals surface area contributed by atoms with Gasteiger partial charge in [0.15, 0.2) is 0 Å². The Balaban J connectivity index is 2.17. The van der Waals surface area contributed by atoms with Gasteiger partial charge in [-0.25, -0.2) is 0 Å². The van der Waals surface area contributed by atoms with Crippen molar-refractivity contribution in [2.45, 2.75) is 13.8 Å². The number of rotatable bonds is 3. The second-order valence-corrected chi connectivity index (χ2v) is 5.65. The summed E-state index contributed by atoms with van der Waals surface area (Å²) in [6.07, 6.45) is 0. The third-order valence-corrected chi connectivity index (χ3v) is 3.98. The number of aryl methyl sites for hydroxylation is 2. The Morgan fingerprint density at radius 1 is 0.818 bits per heavy atom. The lowest BCUT2D eigenvalue weighted by Crippen LogP contribution is -1.94. The fourth-order valence-corrected chi connectivity index (χ4v) is 2.71. The van der Waals surface area contributed by atoms with Gasteiger partial charge in [-0.1, -0.05) is 59.7 Å². The maximum atomic E-state index is 11.3. The molecule has 2 aromatic carbocycles. The molecule has 0 aliphatic rings. The molecule has 3 rings (SSSR count). The molecule has 22 heavy (non-hydrogen) atoms. The van der Waals surface area contributed by atoms with Gasteiger partial charge in [0, 0.05) is 12.6 Å². The lowest BCUT2D eigenvalue weighted by Gasteiger charge is -2.09. The van der Waals surface area contributed by atoms with Crippen molar-refractivity contribution < 1.29 is 0 Å². The molecule has 0 bridgehead atoms. The van der Waals surface area contributed by atoms with Crippen molar-refractivity contribution in [1.82, 2.24) is 4.57 Å². The van der Waals surface area contributed by atoms with Gasteiger partial charge in [-0.15, -0.1) is 4.91 Å². The van der Waals surface area contributed by atoms with Crippen LogP contribution in [0.3, 0.4) is 0 Å². The SMILES string of the molecule is Cc1ccc(-c2cc(N=O)c(-c3ccc(C)cc3)n2C)cc1. The van der Waals surface area contributed by atoms with Gasteiger partial charge in [0.25, 0.3) is 0 Å². The third kappa shape index (κ3) is 2.46. The molecule has 0 aliphatic carbocycles. The average Bonchev–Trinajstić information content (AvgIpc) is 2.86. The Bertz CT molecular complexity index is 812. The number of aromatic nitrogens is 1. The van der Waals surface area contributed by atoms with Crippen LogP contribution in [0, 0.1) is 18.8 Å². The summed E-state index contributed by atoms with van der Waals surface area (Å²) in [4.78, 5) is 11.3. The van der Waals surface area contributed by atoms with Gasteiger partial charge in [-0.2, -0.15) is 0 Å². The Kier molecular flexibility index (Phi) is 3.63. The molecule has 0 amide bonds. The molecule has 0 fully saturated rings. The predicted octanol–water partition coefficient (Wildman–Crippen LogP) is 5.37. The minimum atomic E-state index is 0.474. The largest absolute Gasteiger partial charge is 0.342 e. The minimum absolute atomic E-state index is 0.474. The van der Waals surface area contributed by atoms with E-state index in [0.717, 1.165) is 22.5 Å². The molecular formula is C19H18N2O. The van der Waals surface area contributed by atoms with Gasteiger partial charge >= 0.3 is 0 Å². The second-order valence-electron chi connectivity index (χ2n) is 5.65. The second kappa shape index (κ2) is 5.60. The lowest BCUT2D eigenvalue weighted by atomic mass is 10.1. The Morgan fingerprint density at radius 3 is 1.82 bits per heavy atom. The summed E-state index contributed by atoms with van der Waals surface area (Å²) in [5, 5.41) is 3.22. The van der Waals surface area contributed by atoms with Crippen LogP contribution < -0.4 is 0 Å². The van der Waals surface area contributed by atoms with Gasteiger partial charge in [-0.3, -0.25) is 0 Å². The summed E-state index contributed by atoms with van der Waals surface area (Å²) in [7, 11) is 1.97. The van der Waals surface area contributed by atoms with Gasteiger partial charge in [-0.05, 0) is 30.7 Å². The molecule has 3 heteroatoms. The molecule has 3 aromatic rings. The summed E-state index contributed by atoms with van der Waals surface area (Å²) in [5.74, 6) is 0. The number of hydrogen-bond donors (Lipinski definition) is 0. The molecule has 0 radical (unpaired) electrons. The molecule has 0 N–H and O–H groups in total. The molecule has 0 saturated carbocycles. The van der Waals surface area contributed by atoms with E-state index < -0.39 is 0 Å². The molecule has 1 aromatic heterocycles. The highest BCUT2D eigenvalue weighted by atomic mass is 16.3. The monoisotopic (exact) mass is 290 g/mol. The van der Waals surface area contributed by atoms with E-state index in [4.69, 9.17) is 0 Å². The molecule has 0 saturated heterocycles. The Hall–Kier alpha value is -2.68. The van der Waals surface area contributed by atoms with Crippen LogP contribution in [-0.4, -0.2) is 4.57 Å². The van der Waals surface area contributed by atoms with Crippen molar-refractivity contribution in [2.75, 3.05) is 0 Å². The smallest absolute Gasteiger partial charge is 0.134 e. The van der Waals surface area contributed by atoms with Gasteiger partial charge < -0.3 is 4.57 Å². The third-order valence-electron chi connectivity index (χ3n) is 3.98. The molecule has 0 spiro atoms. The van der Waals surface area contributed by atoms with E-state index >= 15 is 0 Å². The van der Waals surface area contributed by atoms with Crippen LogP contribution in [0.5, 0.6) is 0 Å². The average molecular weight is 290 g/mol. The quantitative estimate of drug-likeness (QED) is 0.597. The van der Waals surface area contributed by atoms with E-state index in [1.165, 1.54) is 11.1 Å². The number of nitroso groups, excluding NO2 is 1. The van der Waals surface area contributed by atoms with Crippen LogP contribution in [0.15, 0.2) is 59.8 Å². The van der Waals surface area contributed by atoms with Crippen molar-refractivity contribution in [3.63, 3.8) is 0 Å². The zero-order valence-electron chi connectivity index (χ0n) is 13.0. The standard InChI is InChI=1S/C19H18N2O/c1-13-4-8-15(9-5-13)18-12-17(20-22)19(21(18)3)16-10-6-14(2)7-11-16/h4-12H,1-3H3. The zero-order chi connectivity index (χ0) is 15.7. The number of benzene rings is 2. The molecule has 0 unspecified atom stereocenters. The maximum Gasteiger partial charge on any atom is 0.134 e. The van der Waals surface area contributed by atoms with E-state index in [9.17, 15) is 4.91 Å². The molecule has 3 nitrogen and oxygen atoms in total. The normalized spacial score (nSPS) is 10.7. The van der Waals surface area contributed by atoms with E-state index in [0.29, 0.717) is 5.69 Å². The molecule has 1 heterocycles. The van der Waals surface area contributed by atoms with Crippen molar-refractivity contribution in [3.05, 3.63) is 70.6 Å². The first-order valence-electron chi connectivity index (χ1n) is 7.27. The maximum absolute atomic E-state index is 11.3. The molecule has 0 aliphatic heterocycles.